The first-order valence-corrected chi connectivity index (χ1v) is 3.35. The van der Waals surface area contributed by atoms with Crippen LogP contribution in [-0.4, -0.2) is 5.88 Å². The quantitative estimate of drug-likeness (QED) is 0.522. The summed E-state index contributed by atoms with van der Waals surface area (Å²) in [5, 5.41) is 8.20. The summed E-state index contributed by atoms with van der Waals surface area (Å²) in [5.74, 6) is 2.04. The van der Waals surface area contributed by atoms with Crippen LogP contribution in [0.1, 0.15) is 12.8 Å². The molecule has 0 aromatic heterocycles. The minimum Gasteiger partial charge on any atom is -0.198 e. The predicted molar refractivity (Wildman–Crippen MR) is 32.5 cm³/mol. The molecular formula is C6H8ClN. The van der Waals surface area contributed by atoms with Crippen LogP contribution in [0, 0.1) is 23.2 Å². The third-order valence-corrected chi connectivity index (χ3v) is 2.02. The average molecular weight is 130 g/mol. The Morgan fingerprint density at radius 3 is 2.75 bits per heavy atom. The molecule has 1 rings (SSSR count). The van der Waals surface area contributed by atoms with Gasteiger partial charge in [0.1, 0.15) is 0 Å². The van der Waals surface area contributed by atoms with Gasteiger partial charge in [-0.15, -0.1) is 11.6 Å². The van der Waals surface area contributed by atoms with Crippen molar-refractivity contribution in [1.29, 1.82) is 5.26 Å². The summed E-state index contributed by atoms with van der Waals surface area (Å²) in [5.41, 5.74) is 0. The van der Waals surface area contributed by atoms with Crippen LogP contribution in [0.2, 0.25) is 0 Å². The molecule has 2 unspecified atom stereocenters. The summed E-state index contributed by atoms with van der Waals surface area (Å²) in [6.07, 6.45) is 1.88. The zero-order chi connectivity index (χ0) is 5.98. The monoisotopic (exact) mass is 129 g/mol. The fraction of sp³-hybridized carbons (Fsp3) is 0.833. The van der Waals surface area contributed by atoms with Crippen molar-refractivity contribution >= 4 is 11.6 Å². The van der Waals surface area contributed by atoms with Gasteiger partial charge < -0.3 is 0 Å². The van der Waals surface area contributed by atoms with Crippen LogP contribution in [0.5, 0.6) is 0 Å². The largest absolute Gasteiger partial charge is 0.198 e. The topological polar surface area (TPSA) is 23.8 Å². The van der Waals surface area contributed by atoms with Crippen molar-refractivity contribution in [3.8, 4) is 6.07 Å². The molecule has 1 saturated carbocycles. The van der Waals surface area contributed by atoms with Crippen LogP contribution in [0.4, 0.5) is 0 Å². The lowest BCUT2D eigenvalue weighted by Gasteiger charge is -1.82. The average Bonchev–Trinajstić information content (AvgIpc) is 2.48. The number of rotatable bonds is 2. The second-order valence-electron chi connectivity index (χ2n) is 2.27. The molecule has 0 aliphatic heterocycles. The Bertz CT molecular complexity index is 116. The van der Waals surface area contributed by atoms with Crippen molar-refractivity contribution in [2.75, 3.05) is 5.88 Å². The Hall–Kier alpha value is -0.220. The standard InChI is InChI=1S/C6H8ClN/c7-4-6-3-5(6)1-2-8/h5-6H,1,3-4H2. The maximum absolute atomic E-state index is 8.20. The molecule has 44 valence electrons. The highest BCUT2D eigenvalue weighted by molar-refractivity contribution is 6.18. The molecule has 1 aliphatic carbocycles. The molecule has 1 nitrogen and oxygen atoms in total. The predicted octanol–water partition coefficient (Wildman–Crippen LogP) is 1.77. The summed E-state index contributed by atoms with van der Waals surface area (Å²) < 4.78 is 0. The highest BCUT2D eigenvalue weighted by atomic mass is 35.5. The highest BCUT2D eigenvalue weighted by Gasteiger charge is 2.35. The van der Waals surface area contributed by atoms with Gasteiger partial charge in [-0.05, 0) is 18.3 Å². The van der Waals surface area contributed by atoms with Crippen LogP contribution < -0.4 is 0 Å². The number of nitriles is 1. The molecule has 0 aromatic rings. The van der Waals surface area contributed by atoms with E-state index in [1.54, 1.807) is 0 Å². The molecule has 2 atom stereocenters. The van der Waals surface area contributed by atoms with E-state index in [1.165, 1.54) is 6.42 Å². The van der Waals surface area contributed by atoms with Gasteiger partial charge in [0.15, 0.2) is 0 Å². The molecule has 0 amide bonds. The fourth-order valence-electron chi connectivity index (χ4n) is 0.867. The van der Waals surface area contributed by atoms with Crippen molar-refractivity contribution in [2.45, 2.75) is 12.8 Å². The van der Waals surface area contributed by atoms with Crippen LogP contribution in [0.25, 0.3) is 0 Å². The van der Waals surface area contributed by atoms with Gasteiger partial charge in [-0.2, -0.15) is 5.26 Å². The Morgan fingerprint density at radius 2 is 2.38 bits per heavy atom. The summed E-state index contributed by atoms with van der Waals surface area (Å²) in [7, 11) is 0. The summed E-state index contributed by atoms with van der Waals surface area (Å²) in [4.78, 5) is 0. The number of hydrogen-bond acceptors (Lipinski definition) is 1. The second-order valence-corrected chi connectivity index (χ2v) is 2.58. The maximum Gasteiger partial charge on any atom is 0.0624 e. The van der Waals surface area contributed by atoms with Gasteiger partial charge in [-0.25, -0.2) is 0 Å². The lowest BCUT2D eigenvalue weighted by molar-refractivity contribution is 0.778. The number of alkyl halides is 1. The van der Waals surface area contributed by atoms with E-state index in [0.29, 0.717) is 18.3 Å². The van der Waals surface area contributed by atoms with E-state index in [0.717, 1.165) is 5.88 Å². The van der Waals surface area contributed by atoms with E-state index >= 15 is 0 Å². The zero-order valence-corrected chi connectivity index (χ0v) is 5.36. The number of nitrogens with zero attached hydrogens (tertiary/aromatic N) is 1. The lowest BCUT2D eigenvalue weighted by Crippen LogP contribution is -1.80. The molecule has 1 fully saturated rings. The Labute approximate surface area is 54.3 Å². The first-order chi connectivity index (χ1) is 3.88. The molecular weight excluding hydrogens is 122 g/mol. The van der Waals surface area contributed by atoms with Crippen LogP contribution in [-0.2, 0) is 0 Å². The van der Waals surface area contributed by atoms with Gasteiger partial charge >= 0.3 is 0 Å². The van der Waals surface area contributed by atoms with E-state index in [1.807, 2.05) is 0 Å². The van der Waals surface area contributed by atoms with Crippen molar-refractivity contribution in [3.05, 3.63) is 0 Å². The summed E-state index contributed by atoms with van der Waals surface area (Å²) in [6, 6.07) is 2.14. The van der Waals surface area contributed by atoms with Gasteiger partial charge in [-0.3, -0.25) is 0 Å². The lowest BCUT2D eigenvalue weighted by atomic mass is 10.3. The molecule has 0 aromatic carbocycles. The molecule has 0 radical (unpaired) electrons. The van der Waals surface area contributed by atoms with E-state index in [-0.39, 0.29) is 0 Å². The van der Waals surface area contributed by atoms with Crippen molar-refractivity contribution in [1.82, 2.24) is 0 Å². The van der Waals surface area contributed by atoms with Crippen LogP contribution in [0.3, 0.4) is 0 Å². The van der Waals surface area contributed by atoms with Crippen molar-refractivity contribution < 1.29 is 0 Å². The normalized spacial score (nSPS) is 34.0. The molecule has 8 heavy (non-hydrogen) atoms. The van der Waals surface area contributed by atoms with E-state index in [9.17, 15) is 0 Å². The van der Waals surface area contributed by atoms with Crippen molar-refractivity contribution in [3.63, 3.8) is 0 Å². The third-order valence-electron chi connectivity index (χ3n) is 1.62. The van der Waals surface area contributed by atoms with E-state index < -0.39 is 0 Å². The Balaban J connectivity index is 2.10. The Kier molecular flexibility index (Phi) is 1.75. The third kappa shape index (κ3) is 1.14. The highest BCUT2D eigenvalue weighted by Crippen LogP contribution is 2.41. The summed E-state index contributed by atoms with van der Waals surface area (Å²) >= 11 is 5.52. The minimum absolute atomic E-state index is 0.637. The SMILES string of the molecule is N#CCC1CC1CCl. The van der Waals surface area contributed by atoms with Gasteiger partial charge in [-0.1, -0.05) is 0 Å². The fourth-order valence-corrected chi connectivity index (χ4v) is 1.24. The van der Waals surface area contributed by atoms with Gasteiger partial charge in [0, 0.05) is 12.3 Å². The maximum atomic E-state index is 8.20. The van der Waals surface area contributed by atoms with Gasteiger partial charge in [0.2, 0.25) is 0 Å². The Morgan fingerprint density at radius 1 is 1.62 bits per heavy atom. The molecule has 0 N–H and O–H groups in total. The van der Waals surface area contributed by atoms with E-state index in [4.69, 9.17) is 16.9 Å². The van der Waals surface area contributed by atoms with E-state index in [2.05, 4.69) is 6.07 Å². The second kappa shape index (κ2) is 2.37. The van der Waals surface area contributed by atoms with Crippen LogP contribution >= 0.6 is 11.6 Å². The first-order valence-electron chi connectivity index (χ1n) is 2.81. The zero-order valence-electron chi connectivity index (χ0n) is 4.60. The van der Waals surface area contributed by atoms with Crippen molar-refractivity contribution in [2.24, 2.45) is 11.8 Å². The van der Waals surface area contributed by atoms with Crippen LogP contribution in [0.15, 0.2) is 0 Å². The molecule has 1 aliphatic rings. The molecule has 0 heterocycles. The number of halogens is 1. The van der Waals surface area contributed by atoms with Gasteiger partial charge in [0.05, 0.1) is 6.07 Å². The molecule has 0 spiro atoms. The summed E-state index contributed by atoms with van der Waals surface area (Å²) in [6.45, 7) is 0. The molecule has 0 saturated heterocycles. The number of hydrogen-bond donors (Lipinski definition) is 0. The first kappa shape index (κ1) is 5.91. The molecule has 0 bridgehead atoms. The van der Waals surface area contributed by atoms with Gasteiger partial charge in [0.25, 0.3) is 0 Å². The smallest absolute Gasteiger partial charge is 0.0624 e. The minimum atomic E-state index is 0.637. The molecule has 2 heteroatoms.